The molecule has 0 spiro atoms. The van der Waals surface area contributed by atoms with Gasteiger partial charge in [-0.15, -0.1) is 0 Å². The Bertz CT molecular complexity index is 787. The quantitative estimate of drug-likeness (QED) is 0.748. The molecular weight excluding hydrogens is 354 g/mol. The molecule has 0 fully saturated rings. The molecule has 1 amide bonds. The molecule has 0 radical (unpaired) electrons. The van der Waals surface area contributed by atoms with Crippen LogP contribution < -0.4 is 10.1 Å². The molecule has 0 unspecified atom stereocenters. The van der Waals surface area contributed by atoms with Gasteiger partial charge in [0.25, 0.3) is 5.91 Å². The van der Waals surface area contributed by atoms with Crippen LogP contribution in [0.4, 0.5) is 5.69 Å². The minimum atomic E-state index is -0.730. The number of carbonyl (C=O) groups is 2. The molecule has 1 atom stereocenters. The van der Waals surface area contributed by atoms with E-state index in [0.717, 1.165) is 5.56 Å². The highest BCUT2D eigenvalue weighted by Crippen LogP contribution is 2.24. The van der Waals surface area contributed by atoms with Crippen molar-refractivity contribution in [2.75, 3.05) is 5.32 Å². The molecule has 26 heavy (non-hydrogen) atoms. The SMILES string of the molecule is Cc1c(Cl)cccc1NC(=O)c1ccc(O[C@H](C)C(=O)OC(C)C)cc1. The Hall–Kier alpha value is -2.53. The van der Waals surface area contributed by atoms with Crippen LogP contribution in [0.15, 0.2) is 42.5 Å². The van der Waals surface area contributed by atoms with Crippen molar-refractivity contribution in [1.82, 2.24) is 0 Å². The molecule has 138 valence electrons. The van der Waals surface area contributed by atoms with Gasteiger partial charge in [-0.05, 0) is 69.7 Å². The Balaban J connectivity index is 2.01. The van der Waals surface area contributed by atoms with Gasteiger partial charge in [0.2, 0.25) is 0 Å². The molecule has 0 saturated heterocycles. The zero-order chi connectivity index (χ0) is 19.3. The van der Waals surface area contributed by atoms with E-state index in [-0.39, 0.29) is 12.0 Å². The second-order valence-corrected chi connectivity index (χ2v) is 6.54. The number of anilines is 1. The van der Waals surface area contributed by atoms with Crippen LogP contribution in [0.1, 0.15) is 36.7 Å². The standard InChI is InChI=1S/C20H22ClNO4/c1-12(2)25-20(24)14(4)26-16-10-8-15(9-11-16)19(23)22-18-7-5-6-17(21)13(18)3/h5-12,14H,1-4H3,(H,22,23)/t14-/m1/s1. The van der Waals surface area contributed by atoms with Crippen molar-refractivity contribution in [3.05, 3.63) is 58.6 Å². The lowest BCUT2D eigenvalue weighted by Gasteiger charge is -2.16. The van der Waals surface area contributed by atoms with Gasteiger partial charge < -0.3 is 14.8 Å². The maximum atomic E-state index is 12.4. The highest BCUT2D eigenvalue weighted by molar-refractivity contribution is 6.31. The summed E-state index contributed by atoms with van der Waals surface area (Å²) in [6.45, 7) is 7.01. The molecule has 2 aromatic rings. The molecule has 2 aromatic carbocycles. The second kappa shape index (κ2) is 8.72. The van der Waals surface area contributed by atoms with Gasteiger partial charge in [0.05, 0.1) is 6.10 Å². The predicted molar refractivity (Wildman–Crippen MR) is 102 cm³/mol. The van der Waals surface area contributed by atoms with Crippen LogP contribution in [0.5, 0.6) is 5.75 Å². The number of halogens is 1. The Labute approximate surface area is 158 Å². The van der Waals surface area contributed by atoms with E-state index in [4.69, 9.17) is 21.1 Å². The van der Waals surface area contributed by atoms with E-state index in [1.54, 1.807) is 63.2 Å². The van der Waals surface area contributed by atoms with Crippen molar-refractivity contribution in [1.29, 1.82) is 0 Å². The van der Waals surface area contributed by atoms with Crippen LogP contribution in [0.2, 0.25) is 5.02 Å². The maximum absolute atomic E-state index is 12.4. The summed E-state index contributed by atoms with van der Waals surface area (Å²) in [7, 11) is 0. The van der Waals surface area contributed by atoms with Crippen molar-refractivity contribution in [2.24, 2.45) is 0 Å². The van der Waals surface area contributed by atoms with Crippen molar-refractivity contribution < 1.29 is 19.1 Å². The fraction of sp³-hybridized carbons (Fsp3) is 0.300. The highest BCUT2D eigenvalue weighted by atomic mass is 35.5. The highest BCUT2D eigenvalue weighted by Gasteiger charge is 2.18. The van der Waals surface area contributed by atoms with Crippen molar-refractivity contribution >= 4 is 29.2 Å². The third-order valence-corrected chi connectivity index (χ3v) is 4.04. The summed E-state index contributed by atoms with van der Waals surface area (Å²) < 4.78 is 10.6. The first kappa shape index (κ1) is 19.8. The average Bonchev–Trinajstić information content (AvgIpc) is 2.59. The molecule has 0 bridgehead atoms. The van der Waals surface area contributed by atoms with Gasteiger partial charge >= 0.3 is 5.97 Å². The van der Waals surface area contributed by atoms with Crippen LogP contribution >= 0.6 is 11.6 Å². The van der Waals surface area contributed by atoms with Crippen molar-refractivity contribution in [3.63, 3.8) is 0 Å². The van der Waals surface area contributed by atoms with Gasteiger partial charge in [-0.1, -0.05) is 17.7 Å². The van der Waals surface area contributed by atoms with Gasteiger partial charge in [-0.2, -0.15) is 0 Å². The monoisotopic (exact) mass is 375 g/mol. The van der Waals surface area contributed by atoms with Crippen LogP contribution in [0.25, 0.3) is 0 Å². The number of esters is 1. The number of nitrogens with one attached hydrogen (secondary N) is 1. The van der Waals surface area contributed by atoms with Crippen molar-refractivity contribution in [2.45, 2.75) is 39.9 Å². The molecule has 2 rings (SSSR count). The average molecular weight is 376 g/mol. The van der Waals surface area contributed by atoms with Gasteiger partial charge in [-0.25, -0.2) is 4.79 Å². The van der Waals surface area contributed by atoms with Gasteiger partial charge in [0.1, 0.15) is 5.75 Å². The topological polar surface area (TPSA) is 64.6 Å². The summed E-state index contributed by atoms with van der Waals surface area (Å²) in [5.41, 5.74) is 1.93. The van der Waals surface area contributed by atoms with Crippen LogP contribution in [0, 0.1) is 6.92 Å². The predicted octanol–water partition coefficient (Wildman–Crippen LogP) is 4.62. The summed E-state index contributed by atoms with van der Waals surface area (Å²) in [5.74, 6) is -0.207. The molecule has 0 aliphatic rings. The van der Waals surface area contributed by atoms with E-state index in [1.807, 2.05) is 6.92 Å². The minimum absolute atomic E-state index is 0.199. The summed E-state index contributed by atoms with van der Waals surface area (Å²) >= 11 is 6.06. The molecule has 1 N–H and O–H groups in total. The summed E-state index contributed by atoms with van der Waals surface area (Å²) in [5, 5.41) is 3.42. The molecule has 0 aliphatic carbocycles. The van der Waals surface area contributed by atoms with Crippen LogP contribution in [-0.4, -0.2) is 24.1 Å². The Kier molecular flexibility index (Phi) is 6.64. The van der Waals surface area contributed by atoms with Crippen molar-refractivity contribution in [3.8, 4) is 5.75 Å². The Morgan fingerprint density at radius 1 is 1.04 bits per heavy atom. The van der Waals surface area contributed by atoms with E-state index in [2.05, 4.69) is 5.32 Å². The van der Waals surface area contributed by atoms with Crippen LogP contribution in [-0.2, 0) is 9.53 Å². The summed E-state index contributed by atoms with van der Waals surface area (Å²) in [6.07, 6.45) is -0.930. The first-order chi connectivity index (χ1) is 12.3. The second-order valence-electron chi connectivity index (χ2n) is 6.14. The van der Waals surface area contributed by atoms with Crippen LogP contribution in [0.3, 0.4) is 0 Å². The van der Waals surface area contributed by atoms with E-state index >= 15 is 0 Å². The fourth-order valence-corrected chi connectivity index (χ4v) is 2.38. The van der Waals surface area contributed by atoms with Gasteiger partial charge in [0.15, 0.2) is 6.10 Å². The maximum Gasteiger partial charge on any atom is 0.347 e. The number of hydrogen-bond donors (Lipinski definition) is 1. The number of ether oxygens (including phenoxy) is 2. The van der Waals surface area contributed by atoms with Gasteiger partial charge in [0, 0.05) is 16.3 Å². The smallest absolute Gasteiger partial charge is 0.347 e. The van der Waals surface area contributed by atoms with Gasteiger partial charge in [-0.3, -0.25) is 4.79 Å². The zero-order valence-electron chi connectivity index (χ0n) is 15.2. The summed E-state index contributed by atoms with van der Waals surface area (Å²) in [4.78, 5) is 24.1. The lowest BCUT2D eigenvalue weighted by atomic mass is 10.1. The molecule has 0 heterocycles. The molecule has 0 aliphatic heterocycles. The first-order valence-electron chi connectivity index (χ1n) is 8.31. The molecule has 0 saturated carbocycles. The number of hydrogen-bond acceptors (Lipinski definition) is 4. The number of amides is 1. The Morgan fingerprint density at radius 3 is 2.31 bits per heavy atom. The normalized spacial score (nSPS) is 11.8. The van der Waals surface area contributed by atoms with E-state index in [9.17, 15) is 9.59 Å². The number of benzene rings is 2. The third kappa shape index (κ3) is 5.23. The molecular formula is C20H22ClNO4. The first-order valence-corrected chi connectivity index (χ1v) is 8.69. The Morgan fingerprint density at radius 2 is 1.69 bits per heavy atom. The van der Waals surface area contributed by atoms with E-state index in [1.165, 1.54) is 0 Å². The molecule has 6 heteroatoms. The third-order valence-electron chi connectivity index (χ3n) is 3.63. The molecule has 0 aromatic heterocycles. The van der Waals surface area contributed by atoms with E-state index in [0.29, 0.717) is 22.0 Å². The lowest BCUT2D eigenvalue weighted by Crippen LogP contribution is -2.28. The number of carbonyl (C=O) groups excluding carboxylic acids is 2. The van der Waals surface area contributed by atoms with E-state index < -0.39 is 12.1 Å². The number of rotatable bonds is 6. The lowest BCUT2D eigenvalue weighted by molar-refractivity contribution is -0.154. The zero-order valence-corrected chi connectivity index (χ0v) is 16.0. The fourth-order valence-electron chi connectivity index (χ4n) is 2.20. The summed E-state index contributed by atoms with van der Waals surface area (Å²) in [6, 6.07) is 11.9. The molecule has 5 nitrogen and oxygen atoms in total. The largest absolute Gasteiger partial charge is 0.479 e. The minimum Gasteiger partial charge on any atom is -0.479 e.